The zero-order chi connectivity index (χ0) is 19.7. The highest BCUT2D eigenvalue weighted by Gasteiger charge is 2.28. The van der Waals surface area contributed by atoms with Gasteiger partial charge < -0.3 is 0 Å². The van der Waals surface area contributed by atoms with Crippen LogP contribution in [0, 0.1) is 0 Å². The van der Waals surface area contributed by atoms with Crippen LogP contribution < -0.4 is 9.03 Å². The fraction of sp³-hybridized carbons (Fsp3) is 0.368. The van der Waals surface area contributed by atoms with Crippen LogP contribution in [0.15, 0.2) is 53.4 Å². The Morgan fingerprint density at radius 1 is 1.07 bits per heavy atom. The van der Waals surface area contributed by atoms with Gasteiger partial charge in [-0.15, -0.1) is 0 Å². The lowest BCUT2D eigenvalue weighted by Crippen LogP contribution is -2.25. The van der Waals surface area contributed by atoms with E-state index in [2.05, 4.69) is 18.6 Å². The second kappa shape index (κ2) is 7.52. The molecule has 0 radical (unpaired) electrons. The number of anilines is 2. The van der Waals surface area contributed by atoms with E-state index < -0.39 is 20.0 Å². The molecular weight excluding hydrogens is 384 g/mol. The second-order valence-electron chi connectivity index (χ2n) is 6.77. The first-order valence-electron chi connectivity index (χ1n) is 8.96. The van der Waals surface area contributed by atoms with Crippen LogP contribution in [0.25, 0.3) is 0 Å². The van der Waals surface area contributed by atoms with E-state index in [1.807, 2.05) is 12.1 Å². The molecule has 3 rings (SSSR count). The number of benzene rings is 2. The first kappa shape index (κ1) is 19.7. The molecule has 2 aromatic carbocycles. The van der Waals surface area contributed by atoms with Crippen molar-refractivity contribution in [2.45, 2.75) is 37.5 Å². The van der Waals surface area contributed by atoms with Crippen LogP contribution in [-0.2, 0) is 20.0 Å². The third-order valence-corrected chi connectivity index (χ3v) is 8.15. The summed E-state index contributed by atoms with van der Waals surface area (Å²) in [6, 6.07) is 13.3. The summed E-state index contributed by atoms with van der Waals surface area (Å²) in [5.74, 6) is 0.526. The van der Waals surface area contributed by atoms with Crippen molar-refractivity contribution in [3.05, 3.63) is 54.1 Å². The predicted molar refractivity (Wildman–Crippen MR) is 108 cm³/mol. The average Bonchev–Trinajstić information content (AvgIpc) is 3.00. The molecule has 1 N–H and O–H groups in total. The van der Waals surface area contributed by atoms with Crippen molar-refractivity contribution in [2.75, 3.05) is 21.3 Å². The van der Waals surface area contributed by atoms with Crippen LogP contribution in [0.4, 0.5) is 11.4 Å². The SMILES string of the molecule is CC[C@@H](C)c1ccc(S(=O)(=O)Nc2ccc(N3CCCS3(=O)=O)cc2)cc1. The van der Waals surface area contributed by atoms with Crippen molar-refractivity contribution in [2.24, 2.45) is 0 Å². The third kappa shape index (κ3) is 4.27. The molecule has 1 heterocycles. The van der Waals surface area contributed by atoms with Crippen LogP contribution in [0.5, 0.6) is 0 Å². The molecule has 6 nitrogen and oxygen atoms in total. The molecule has 0 saturated carbocycles. The van der Waals surface area contributed by atoms with Crippen molar-refractivity contribution in [1.29, 1.82) is 0 Å². The maximum absolute atomic E-state index is 12.6. The molecule has 0 aliphatic carbocycles. The summed E-state index contributed by atoms with van der Waals surface area (Å²) < 4.78 is 53.0. The molecule has 1 aliphatic heterocycles. The predicted octanol–water partition coefficient (Wildman–Crippen LogP) is 3.54. The average molecular weight is 409 g/mol. The summed E-state index contributed by atoms with van der Waals surface area (Å²) >= 11 is 0. The Hall–Kier alpha value is -2.06. The third-order valence-electron chi connectivity index (χ3n) is 4.88. The molecule has 1 atom stereocenters. The smallest absolute Gasteiger partial charge is 0.261 e. The van der Waals surface area contributed by atoms with Crippen molar-refractivity contribution in [1.82, 2.24) is 0 Å². The molecule has 2 aromatic rings. The Kier molecular flexibility index (Phi) is 5.48. The van der Waals surface area contributed by atoms with Crippen LogP contribution in [0.3, 0.4) is 0 Å². The molecule has 0 bridgehead atoms. The summed E-state index contributed by atoms with van der Waals surface area (Å²) in [6.45, 7) is 4.65. The first-order chi connectivity index (χ1) is 12.7. The molecule has 8 heteroatoms. The topological polar surface area (TPSA) is 83.6 Å². The Morgan fingerprint density at radius 3 is 2.22 bits per heavy atom. The van der Waals surface area contributed by atoms with Crippen LogP contribution >= 0.6 is 0 Å². The zero-order valence-corrected chi connectivity index (χ0v) is 17.1. The molecule has 1 saturated heterocycles. The van der Waals surface area contributed by atoms with Crippen LogP contribution in [0.2, 0.25) is 0 Å². The number of sulfonamides is 2. The van der Waals surface area contributed by atoms with E-state index in [1.54, 1.807) is 36.4 Å². The van der Waals surface area contributed by atoms with Gasteiger partial charge in [0.05, 0.1) is 16.3 Å². The molecule has 1 aliphatic rings. The van der Waals surface area contributed by atoms with Crippen molar-refractivity contribution >= 4 is 31.4 Å². The van der Waals surface area contributed by atoms with Gasteiger partial charge in [-0.1, -0.05) is 26.0 Å². The van der Waals surface area contributed by atoms with Crippen molar-refractivity contribution in [3.8, 4) is 0 Å². The van der Waals surface area contributed by atoms with E-state index in [-0.39, 0.29) is 10.6 Å². The Morgan fingerprint density at radius 2 is 1.70 bits per heavy atom. The summed E-state index contributed by atoms with van der Waals surface area (Å²) in [6.07, 6.45) is 1.59. The molecule has 146 valence electrons. The highest BCUT2D eigenvalue weighted by atomic mass is 32.2. The maximum atomic E-state index is 12.6. The van der Waals surface area contributed by atoms with Gasteiger partial charge in [-0.3, -0.25) is 9.03 Å². The lowest BCUT2D eigenvalue weighted by atomic mass is 9.99. The van der Waals surface area contributed by atoms with Gasteiger partial charge in [-0.2, -0.15) is 0 Å². The molecule has 0 unspecified atom stereocenters. The number of nitrogens with one attached hydrogen (secondary N) is 1. The molecule has 1 fully saturated rings. The summed E-state index contributed by atoms with van der Waals surface area (Å²) in [5, 5.41) is 0. The minimum atomic E-state index is -3.70. The summed E-state index contributed by atoms with van der Waals surface area (Å²) in [5.41, 5.74) is 2.04. The van der Waals surface area contributed by atoms with E-state index in [1.165, 1.54) is 4.31 Å². The largest absolute Gasteiger partial charge is 0.280 e. The number of rotatable bonds is 6. The van der Waals surface area contributed by atoms with Gasteiger partial charge in [0, 0.05) is 12.2 Å². The van der Waals surface area contributed by atoms with Gasteiger partial charge in [-0.25, -0.2) is 16.8 Å². The van der Waals surface area contributed by atoms with Gasteiger partial charge >= 0.3 is 0 Å². The van der Waals surface area contributed by atoms with Crippen molar-refractivity contribution in [3.63, 3.8) is 0 Å². The monoisotopic (exact) mass is 408 g/mol. The number of hydrogen-bond acceptors (Lipinski definition) is 4. The quantitative estimate of drug-likeness (QED) is 0.792. The highest BCUT2D eigenvalue weighted by Crippen LogP contribution is 2.26. The molecule has 0 spiro atoms. The molecule has 27 heavy (non-hydrogen) atoms. The normalized spacial score (nSPS) is 17.6. The van der Waals surface area contributed by atoms with E-state index in [0.29, 0.717) is 30.3 Å². The molecular formula is C19H24N2O4S2. The number of hydrogen-bond donors (Lipinski definition) is 1. The zero-order valence-electron chi connectivity index (χ0n) is 15.4. The Balaban J connectivity index is 1.76. The van der Waals surface area contributed by atoms with E-state index in [0.717, 1.165) is 12.0 Å². The van der Waals surface area contributed by atoms with Gasteiger partial charge in [-0.05, 0) is 60.7 Å². The first-order valence-corrected chi connectivity index (χ1v) is 12.1. The van der Waals surface area contributed by atoms with Crippen molar-refractivity contribution < 1.29 is 16.8 Å². The van der Waals surface area contributed by atoms with E-state index in [4.69, 9.17) is 0 Å². The van der Waals surface area contributed by atoms with Gasteiger partial charge in [0.1, 0.15) is 0 Å². The molecule has 0 amide bonds. The van der Waals surface area contributed by atoms with Crippen LogP contribution in [0.1, 0.15) is 38.2 Å². The lowest BCUT2D eigenvalue weighted by Gasteiger charge is -2.17. The van der Waals surface area contributed by atoms with E-state index >= 15 is 0 Å². The van der Waals surface area contributed by atoms with Gasteiger partial charge in [0.2, 0.25) is 10.0 Å². The minimum absolute atomic E-state index is 0.147. The van der Waals surface area contributed by atoms with Gasteiger partial charge in [0.15, 0.2) is 0 Å². The lowest BCUT2D eigenvalue weighted by molar-refractivity contribution is 0.598. The van der Waals surface area contributed by atoms with Crippen LogP contribution in [-0.4, -0.2) is 29.1 Å². The summed E-state index contributed by atoms with van der Waals surface area (Å²) in [7, 11) is -6.95. The van der Waals surface area contributed by atoms with E-state index in [9.17, 15) is 16.8 Å². The fourth-order valence-electron chi connectivity index (χ4n) is 3.05. The Bertz CT molecular complexity index is 999. The second-order valence-corrected chi connectivity index (χ2v) is 10.5. The number of nitrogens with zero attached hydrogens (tertiary/aromatic N) is 1. The summed E-state index contributed by atoms with van der Waals surface area (Å²) in [4.78, 5) is 0.195. The Labute approximate surface area is 161 Å². The minimum Gasteiger partial charge on any atom is -0.280 e. The fourth-order valence-corrected chi connectivity index (χ4v) is 5.67. The highest BCUT2D eigenvalue weighted by molar-refractivity contribution is 7.93. The maximum Gasteiger partial charge on any atom is 0.261 e. The molecule has 0 aromatic heterocycles. The standard InChI is InChI=1S/C19H24N2O4S2/c1-3-15(2)16-5-11-19(12-6-16)27(24,25)20-17-7-9-18(10-8-17)21-13-4-14-26(21,22)23/h5-12,15,20H,3-4,13-14H2,1-2H3/t15-/m1/s1. The van der Waals surface area contributed by atoms with Gasteiger partial charge in [0.25, 0.3) is 10.0 Å².